The molecule has 0 amide bonds. The molecule has 0 radical (unpaired) electrons. The average molecular weight is 355 g/mol. The van der Waals surface area contributed by atoms with E-state index in [9.17, 15) is 32.5 Å². The van der Waals surface area contributed by atoms with Gasteiger partial charge in [0.25, 0.3) is 0 Å². The molecule has 0 unspecified atom stereocenters. The number of rotatable bonds is 4. The standard InChI is InChI=1S/C16H9F4NO4/c17-12-6-7-13(21(23)24)14(9-12)25-15(22)8-3-10-1-4-11(5-2-10)16(18,19)20/h1-9H/b8-3+. The van der Waals surface area contributed by atoms with Gasteiger partial charge in [0.15, 0.2) is 0 Å². The van der Waals surface area contributed by atoms with Crippen molar-refractivity contribution in [2.75, 3.05) is 0 Å². The van der Waals surface area contributed by atoms with E-state index in [-0.39, 0.29) is 5.56 Å². The van der Waals surface area contributed by atoms with Crippen molar-refractivity contribution in [2.24, 2.45) is 0 Å². The number of ether oxygens (including phenoxy) is 1. The lowest BCUT2D eigenvalue weighted by atomic mass is 10.1. The minimum absolute atomic E-state index is 0.277. The summed E-state index contributed by atoms with van der Waals surface area (Å²) >= 11 is 0. The normalized spacial score (nSPS) is 11.5. The molecule has 130 valence electrons. The number of nitro benzene ring substituents is 1. The molecule has 5 nitrogen and oxygen atoms in total. The van der Waals surface area contributed by atoms with Crippen LogP contribution in [0.4, 0.5) is 23.2 Å². The summed E-state index contributed by atoms with van der Waals surface area (Å²) in [5, 5.41) is 10.8. The molecule has 0 bridgehead atoms. The lowest BCUT2D eigenvalue weighted by Crippen LogP contribution is -2.06. The Kier molecular flexibility index (Phi) is 5.16. The van der Waals surface area contributed by atoms with Crippen molar-refractivity contribution in [1.29, 1.82) is 0 Å². The van der Waals surface area contributed by atoms with Crippen molar-refractivity contribution in [2.45, 2.75) is 6.18 Å². The van der Waals surface area contributed by atoms with E-state index >= 15 is 0 Å². The number of esters is 1. The molecule has 0 saturated heterocycles. The first-order chi connectivity index (χ1) is 11.7. The van der Waals surface area contributed by atoms with E-state index in [1.807, 2.05) is 0 Å². The van der Waals surface area contributed by atoms with Crippen molar-refractivity contribution < 1.29 is 32.0 Å². The van der Waals surface area contributed by atoms with Gasteiger partial charge in [-0.3, -0.25) is 10.1 Å². The third-order valence-electron chi connectivity index (χ3n) is 2.98. The quantitative estimate of drug-likeness (QED) is 0.204. The fourth-order valence-electron chi connectivity index (χ4n) is 1.81. The third kappa shape index (κ3) is 4.87. The van der Waals surface area contributed by atoms with E-state index in [0.717, 1.165) is 48.6 Å². The number of carbonyl (C=O) groups is 1. The van der Waals surface area contributed by atoms with Crippen LogP contribution in [0.5, 0.6) is 5.75 Å². The molecule has 0 heterocycles. The fraction of sp³-hybridized carbons (Fsp3) is 0.0625. The molecule has 0 atom stereocenters. The van der Waals surface area contributed by atoms with E-state index in [1.54, 1.807) is 0 Å². The minimum Gasteiger partial charge on any atom is -0.416 e. The lowest BCUT2D eigenvalue weighted by molar-refractivity contribution is -0.385. The maximum Gasteiger partial charge on any atom is 0.416 e. The van der Waals surface area contributed by atoms with Gasteiger partial charge in [0.2, 0.25) is 5.75 Å². The first-order valence-electron chi connectivity index (χ1n) is 6.68. The van der Waals surface area contributed by atoms with Crippen LogP contribution in [-0.4, -0.2) is 10.9 Å². The average Bonchev–Trinajstić information content (AvgIpc) is 2.52. The third-order valence-corrected chi connectivity index (χ3v) is 2.98. The van der Waals surface area contributed by atoms with Gasteiger partial charge >= 0.3 is 17.8 Å². The van der Waals surface area contributed by atoms with E-state index in [4.69, 9.17) is 4.74 Å². The summed E-state index contributed by atoms with van der Waals surface area (Å²) in [6.07, 6.45) is -2.46. The first kappa shape index (κ1) is 18.1. The first-order valence-corrected chi connectivity index (χ1v) is 6.68. The van der Waals surface area contributed by atoms with Gasteiger partial charge in [-0.2, -0.15) is 13.2 Å². The van der Waals surface area contributed by atoms with E-state index in [0.29, 0.717) is 6.07 Å². The predicted octanol–water partition coefficient (Wildman–Crippen LogP) is 4.37. The molecule has 9 heteroatoms. The molecule has 0 saturated carbocycles. The summed E-state index contributed by atoms with van der Waals surface area (Å²) in [4.78, 5) is 21.6. The molecular formula is C16H9F4NO4. The summed E-state index contributed by atoms with van der Waals surface area (Å²) in [5.74, 6) is -2.46. The van der Waals surface area contributed by atoms with Crippen LogP contribution in [0.1, 0.15) is 11.1 Å². The Bertz CT molecular complexity index is 829. The van der Waals surface area contributed by atoms with Crippen molar-refractivity contribution in [1.82, 2.24) is 0 Å². The predicted molar refractivity (Wildman–Crippen MR) is 79.2 cm³/mol. The second kappa shape index (κ2) is 7.12. The van der Waals surface area contributed by atoms with Gasteiger partial charge in [-0.25, -0.2) is 9.18 Å². The number of hydrogen-bond acceptors (Lipinski definition) is 4. The van der Waals surface area contributed by atoms with Gasteiger partial charge in [0, 0.05) is 18.2 Å². The molecule has 0 aromatic heterocycles. The Labute approximate surface area is 138 Å². The maximum absolute atomic E-state index is 13.1. The van der Waals surface area contributed by atoms with Gasteiger partial charge in [-0.1, -0.05) is 12.1 Å². The summed E-state index contributed by atoms with van der Waals surface area (Å²) in [6, 6.07) is 6.31. The number of halogens is 4. The minimum atomic E-state index is -4.47. The zero-order chi connectivity index (χ0) is 18.6. The van der Waals surface area contributed by atoms with Gasteiger partial charge in [-0.05, 0) is 29.8 Å². The summed E-state index contributed by atoms with van der Waals surface area (Å²) in [5.41, 5.74) is -1.17. The van der Waals surface area contributed by atoms with Gasteiger partial charge in [-0.15, -0.1) is 0 Å². The highest BCUT2D eigenvalue weighted by molar-refractivity contribution is 5.89. The number of nitro groups is 1. The van der Waals surface area contributed by atoms with Crippen molar-refractivity contribution in [3.63, 3.8) is 0 Å². The molecule has 2 aromatic rings. The monoisotopic (exact) mass is 355 g/mol. The molecule has 0 spiro atoms. The SMILES string of the molecule is O=C(/C=C/c1ccc(C(F)(F)F)cc1)Oc1cc(F)ccc1[N+](=O)[O-]. The highest BCUT2D eigenvalue weighted by Crippen LogP contribution is 2.29. The van der Waals surface area contributed by atoms with Gasteiger partial charge in [0.05, 0.1) is 10.5 Å². The molecule has 0 N–H and O–H groups in total. The lowest BCUT2D eigenvalue weighted by Gasteiger charge is -2.06. The Morgan fingerprint density at radius 2 is 1.76 bits per heavy atom. The highest BCUT2D eigenvalue weighted by atomic mass is 19.4. The zero-order valence-corrected chi connectivity index (χ0v) is 12.3. The maximum atomic E-state index is 13.1. The van der Waals surface area contributed by atoms with Crippen LogP contribution in [0, 0.1) is 15.9 Å². The number of hydrogen-bond donors (Lipinski definition) is 0. The second-order valence-corrected chi connectivity index (χ2v) is 4.74. The fourth-order valence-corrected chi connectivity index (χ4v) is 1.81. The molecule has 2 rings (SSSR count). The van der Waals surface area contributed by atoms with Crippen LogP contribution in [-0.2, 0) is 11.0 Å². The van der Waals surface area contributed by atoms with Crippen LogP contribution < -0.4 is 4.74 Å². The van der Waals surface area contributed by atoms with Crippen LogP contribution >= 0.6 is 0 Å². The topological polar surface area (TPSA) is 69.4 Å². The Hall–Kier alpha value is -3.23. The van der Waals surface area contributed by atoms with Crippen LogP contribution in [0.2, 0.25) is 0 Å². The van der Waals surface area contributed by atoms with Gasteiger partial charge < -0.3 is 4.74 Å². The second-order valence-electron chi connectivity index (χ2n) is 4.74. The Morgan fingerprint density at radius 3 is 2.32 bits per heavy atom. The van der Waals surface area contributed by atoms with Crippen molar-refractivity contribution in [3.8, 4) is 5.75 Å². The van der Waals surface area contributed by atoms with Crippen molar-refractivity contribution >= 4 is 17.7 Å². The summed E-state index contributed by atoms with van der Waals surface area (Å²) in [7, 11) is 0. The molecular weight excluding hydrogens is 346 g/mol. The molecule has 2 aromatic carbocycles. The van der Waals surface area contributed by atoms with Gasteiger partial charge in [0.1, 0.15) is 5.82 Å². The smallest absolute Gasteiger partial charge is 0.416 e. The number of benzene rings is 2. The number of nitrogens with zero attached hydrogens (tertiary/aromatic N) is 1. The van der Waals surface area contributed by atoms with E-state index in [1.165, 1.54) is 0 Å². The van der Waals surface area contributed by atoms with Crippen LogP contribution in [0.3, 0.4) is 0 Å². The summed E-state index contributed by atoms with van der Waals surface area (Å²) < 4.78 is 55.1. The van der Waals surface area contributed by atoms with Crippen LogP contribution in [0.25, 0.3) is 6.08 Å². The Morgan fingerprint density at radius 1 is 1.12 bits per heavy atom. The Balaban J connectivity index is 2.11. The summed E-state index contributed by atoms with van der Waals surface area (Å²) in [6.45, 7) is 0. The van der Waals surface area contributed by atoms with E-state index in [2.05, 4.69) is 0 Å². The largest absolute Gasteiger partial charge is 0.416 e. The molecule has 0 aliphatic rings. The molecule has 0 fully saturated rings. The molecule has 25 heavy (non-hydrogen) atoms. The van der Waals surface area contributed by atoms with Crippen LogP contribution in [0.15, 0.2) is 48.5 Å². The number of alkyl halides is 3. The molecule has 0 aliphatic carbocycles. The zero-order valence-electron chi connectivity index (χ0n) is 12.3. The van der Waals surface area contributed by atoms with E-state index < -0.39 is 39.9 Å². The number of carbonyl (C=O) groups excluding carboxylic acids is 1. The highest BCUT2D eigenvalue weighted by Gasteiger charge is 2.29. The van der Waals surface area contributed by atoms with Crippen molar-refractivity contribution in [3.05, 3.63) is 75.6 Å². The molecule has 0 aliphatic heterocycles.